The quantitative estimate of drug-likeness (QED) is 0.918. The maximum absolute atomic E-state index is 12.8. The lowest BCUT2D eigenvalue weighted by Crippen LogP contribution is -2.33. The molecule has 110 valence electrons. The van der Waals surface area contributed by atoms with Crippen molar-refractivity contribution < 1.29 is 4.79 Å². The second kappa shape index (κ2) is 5.60. The van der Waals surface area contributed by atoms with Gasteiger partial charge >= 0.3 is 0 Å². The van der Waals surface area contributed by atoms with Gasteiger partial charge in [0.05, 0.1) is 11.9 Å². The number of nitrogens with zero attached hydrogens (tertiary/aromatic N) is 3. The lowest BCUT2D eigenvalue weighted by molar-refractivity contribution is 0.0734. The number of rotatable bonds is 2. The van der Waals surface area contributed by atoms with Crippen molar-refractivity contribution in [3.05, 3.63) is 47.3 Å². The van der Waals surface area contributed by atoms with Gasteiger partial charge in [-0.05, 0) is 30.9 Å². The average Bonchev–Trinajstić information content (AvgIpc) is 2.74. The zero-order chi connectivity index (χ0) is 14.8. The number of nitrogen functional groups attached to an aromatic ring is 1. The van der Waals surface area contributed by atoms with E-state index in [1.54, 1.807) is 10.9 Å². The summed E-state index contributed by atoms with van der Waals surface area (Å²) in [6.07, 6.45) is 3.55. The second-order valence-electron chi connectivity index (χ2n) is 5.36. The number of fused-ring (bicyclic) bond motifs is 1. The fraction of sp³-hybridized carbons (Fsp3) is 0.375. The van der Waals surface area contributed by atoms with Crippen LogP contribution in [0.5, 0.6) is 0 Å². The number of hydrogen-bond acceptors (Lipinski definition) is 3. The summed E-state index contributed by atoms with van der Waals surface area (Å²) in [7, 11) is 0. The average molecular weight is 284 g/mol. The van der Waals surface area contributed by atoms with E-state index in [-0.39, 0.29) is 5.91 Å². The molecule has 2 heterocycles. The summed E-state index contributed by atoms with van der Waals surface area (Å²) in [6, 6.07) is 8.33. The highest BCUT2D eigenvalue weighted by Crippen LogP contribution is 2.21. The molecular formula is C16H20N4O. The molecule has 21 heavy (non-hydrogen) atoms. The topological polar surface area (TPSA) is 64.2 Å². The smallest absolute Gasteiger partial charge is 0.274 e. The first-order valence-electron chi connectivity index (χ1n) is 7.38. The first-order valence-corrected chi connectivity index (χ1v) is 7.38. The van der Waals surface area contributed by atoms with Crippen LogP contribution < -0.4 is 5.73 Å². The van der Waals surface area contributed by atoms with Gasteiger partial charge in [0, 0.05) is 19.6 Å². The highest BCUT2D eigenvalue weighted by atomic mass is 16.2. The zero-order valence-electron chi connectivity index (χ0n) is 12.2. The van der Waals surface area contributed by atoms with Crippen molar-refractivity contribution >= 4 is 11.6 Å². The number of anilines is 1. The van der Waals surface area contributed by atoms with E-state index < -0.39 is 0 Å². The van der Waals surface area contributed by atoms with Crippen LogP contribution in [0, 0.1) is 0 Å². The van der Waals surface area contributed by atoms with Gasteiger partial charge in [0.2, 0.25) is 0 Å². The minimum absolute atomic E-state index is 0.0245. The van der Waals surface area contributed by atoms with E-state index in [1.165, 1.54) is 11.1 Å². The molecule has 0 aliphatic carbocycles. The van der Waals surface area contributed by atoms with Crippen LogP contribution in [0.3, 0.4) is 0 Å². The molecule has 1 aromatic carbocycles. The molecule has 1 aromatic heterocycles. The molecule has 2 aromatic rings. The van der Waals surface area contributed by atoms with Gasteiger partial charge in [-0.25, -0.2) is 0 Å². The Morgan fingerprint density at radius 3 is 2.86 bits per heavy atom. The van der Waals surface area contributed by atoms with E-state index in [2.05, 4.69) is 23.3 Å². The highest BCUT2D eigenvalue weighted by molar-refractivity contribution is 5.97. The standard InChI is InChI=1S/C16H20N4O/c1-2-20-15(14(17)10-18-20)16(21)19-9-5-8-12-6-3-4-7-13(12)11-19/h3-4,6-7,10H,2,5,8-9,11,17H2,1H3. The maximum Gasteiger partial charge on any atom is 0.274 e. The van der Waals surface area contributed by atoms with E-state index in [9.17, 15) is 4.79 Å². The number of carbonyl (C=O) groups is 1. The van der Waals surface area contributed by atoms with Crippen molar-refractivity contribution in [2.24, 2.45) is 0 Å². The number of carbonyl (C=O) groups excluding carboxylic acids is 1. The van der Waals surface area contributed by atoms with Crippen LogP contribution in [0.1, 0.15) is 35.0 Å². The molecule has 1 aliphatic rings. The minimum Gasteiger partial charge on any atom is -0.396 e. The molecule has 5 nitrogen and oxygen atoms in total. The van der Waals surface area contributed by atoms with Gasteiger partial charge in [-0.2, -0.15) is 5.10 Å². The predicted octanol–water partition coefficient (Wildman–Crippen LogP) is 2.07. The molecular weight excluding hydrogens is 264 g/mol. The Kier molecular flexibility index (Phi) is 3.64. The summed E-state index contributed by atoms with van der Waals surface area (Å²) in [6.45, 7) is 3.99. The predicted molar refractivity (Wildman–Crippen MR) is 81.8 cm³/mol. The van der Waals surface area contributed by atoms with E-state index in [0.717, 1.165) is 19.4 Å². The van der Waals surface area contributed by atoms with Crippen LogP contribution in [0.2, 0.25) is 0 Å². The van der Waals surface area contributed by atoms with Crippen molar-refractivity contribution in [3.63, 3.8) is 0 Å². The number of amides is 1. The lowest BCUT2D eigenvalue weighted by Gasteiger charge is -2.21. The monoisotopic (exact) mass is 284 g/mol. The van der Waals surface area contributed by atoms with Crippen LogP contribution in [0.25, 0.3) is 0 Å². The number of hydrogen-bond donors (Lipinski definition) is 1. The Hall–Kier alpha value is -2.30. The van der Waals surface area contributed by atoms with Crippen LogP contribution in [0.4, 0.5) is 5.69 Å². The normalized spacial score (nSPS) is 14.6. The van der Waals surface area contributed by atoms with Gasteiger partial charge in [-0.15, -0.1) is 0 Å². The van der Waals surface area contributed by atoms with Crippen LogP contribution in [-0.4, -0.2) is 27.1 Å². The molecule has 2 N–H and O–H groups in total. The summed E-state index contributed by atoms with van der Waals surface area (Å²) >= 11 is 0. The van der Waals surface area contributed by atoms with Gasteiger partial charge in [0.25, 0.3) is 5.91 Å². The summed E-state index contributed by atoms with van der Waals surface area (Å²) in [5, 5.41) is 4.16. The third-order valence-corrected chi connectivity index (χ3v) is 4.01. The minimum atomic E-state index is -0.0245. The SMILES string of the molecule is CCn1ncc(N)c1C(=O)N1CCCc2ccccc2C1. The van der Waals surface area contributed by atoms with Crippen LogP contribution >= 0.6 is 0 Å². The third kappa shape index (κ3) is 2.51. The maximum atomic E-state index is 12.8. The molecule has 3 rings (SSSR count). The molecule has 0 radical (unpaired) electrons. The molecule has 0 saturated heterocycles. The van der Waals surface area contributed by atoms with Gasteiger partial charge < -0.3 is 10.6 Å². The van der Waals surface area contributed by atoms with Gasteiger partial charge in [0.15, 0.2) is 0 Å². The number of benzene rings is 1. The van der Waals surface area contributed by atoms with Crippen molar-refractivity contribution in [2.75, 3.05) is 12.3 Å². The lowest BCUT2D eigenvalue weighted by atomic mass is 10.0. The summed E-state index contributed by atoms with van der Waals surface area (Å²) in [5.41, 5.74) is 9.46. The number of aromatic nitrogens is 2. The number of aryl methyl sites for hydroxylation is 2. The first-order chi connectivity index (χ1) is 10.2. The van der Waals surface area contributed by atoms with Crippen molar-refractivity contribution in [1.82, 2.24) is 14.7 Å². The van der Waals surface area contributed by atoms with Crippen molar-refractivity contribution in [3.8, 4) is 0 Å². The fourth-order valence-electron chi connectivity index (χ4n) is 2.90. The first kappa shape index (κ1) is 13.7. The summed E-state index contributed by atoms with van der Waals surface area (Å²) in [5.74, 6) is -0.0245. The van der Waals surface area contributed by atoms with E-state index in [0.29, 0.717) is 24.5 Å². The van der Waals surface area contributed by atoms with Gasteiger partial charge in [0.1, 0.15) is 5.69 Å². The Morgan fingerprint density at radius 2 is 2.10 bits per heavy atom. The molecule has 0 saturated carbocycles. The van der Waals surface area contributed by atoms with Crippen LogP contribution in [-0.2, 0) is 19.5 Å². The molecule has 0 unspecified atom stereocenters. The van der Waals surface area contributed by atoms with E-state index in [4.69, 9.17) is 5.73 Å². The Balaban J connectivity index is 1.90. The van der Waals surface area contributed by atoms with E-state index in [1.807, 2.05) is 17.9 Å². The van der Waals surface area contributed by atoms with Crippen molar-refractivity contribution in [1.29, 1.82) is 0 Å². The molecule has 0 spiro atoms. The molecule has 0 fully saturated rings. The van der Waals surface area contributed by atoms with Crippen molar-refractivity contribution in [2.45, 2.75) is 32.9 Å². The van der Waals surface area contributed by atoms with E-state index >= 15 is 0 Å². The third-order valence-electron chi connectivity index (χ3n) is 4.01. The zero-order valence-corrected chi connectivity index (χ0v) is 12.2. The van der Waals surface area contributed by atoms with Crippen LogP contribution in [0.15, 0.2) is 30.5 Å². The Labute approximate surface area is 124 Å². The molecule has 1 amide bonds. The molecule has 0 atom stereocenters. The summed E-state index contributed by atoms with van der Waals surface area (Å²) < 4.78 is 1.68. The second-order valence-corrected chi connectivity index (χ2v) is 5.36. The molecule has 0 bridgehead atoms. The molecule has 1 aliphatic heterocycles. The Bertz CT molecular complexity index is 662. The summed E-state index contributed by atoms with van der Waals surface area (Å²) in [4.78, 5) is 14.7. The largest absolute Gasteiger partial charge is 0.396 e. The van der Waals surface area contributed by atoms with Gasteiger partial charge in [-0.3, -0.25) is 9.48 Å². The number of nitrogens with two attached hydrogens (primary N) is 1. The molecule has 5 heteroatoms. The fourth-order valence-corrected chi connectivity index (χ4v) is 2.90. The highest BCUT2D eigenvalue weighted by Gasteiger charge is 2.24. The Morgan fingerprint density at radius 1 is 1.33 bits per heavy atom. The van der Waals surface area contributed by atoms with Gasteiger partial charge in [-0.1, -0.05) is 24.3 Å².